The zero-order valence-corrected chi connectivity index (χ0v) is 35.9. The molecule has 7 nitrogen and oxygen atoms in total. The van der Waals surface area contributed by atoms with E-state index in [9.17, 15) is 0 Å². The van der Waals surface area contributed by atoms with Crippen molar-refractivity contribution in [1.82, 2.24) is 4.98 Å². The molecule has 4 aliphatic rings. The lowest BCUT2D eigenvalue weighted by Gasteiger charge is -2.35. The molecule has 1 N–H and O–H groups in total. The average molecular weight is 803 g/mol. The molecular formula is C54H50N4O3. The number of hydrogen-bond acceptors (Lipinski definition) is 6. The Bertz CT molecular complexity index is 2920. The number of ether oxygens (including phenoxy) is 3. The number of rotatable bonds is 10. The van der Waals surface area contributed by atoms with Crippen LogP contribution in [0.5, 0.6) is 0 Å². The summed E-state index contributed by atoms with van der Waals surface area (Å²) in [7, 11) is 0. The van der Waals surface area contributed by atoms with Crippen LogP contribution in [0.15, 0.2) is 171 Å². The van der Waals surface area contributed by atoms with E-state index in [-0.39, 0.29) is 0 Å². The van der Waals surface area contributed by atoms with Crippen LogP contribution in [-0.2, 0) is 14.2 Å². The molecule has 5 heterocycles. The van der Waals surface area contributed by atoms with E-state index in [1.807, 2.05) is 20.8 Å². The number of aromatic amines is 1. The predicted molar refractivity (Wildman–Crippen MR) is 249 cm³/mol. The Kier molecular flexibility index (Phi) is 10.7. The van der Waals surface area contributed by atoms with Crippen molar-refractivity contribution >= 4 is 39.4 Å². The monoisotopic (exact) mass is 802 g/mol. The molecule has 0 unspecified atom stereocenters. The Hall–Kier alpha value is -6.67. The maximum absolute atomic E-state index is 7.05. The highest BCUT2D eigenvalue weighted by atomic mass is 16.7. The zero-order valence-electron chi connectivity index (χ0n) is 35.9. The number of aliphatic imine (C=N–C) groups is 3. The van der Waals surface area contributed by atoms with Gasteiger partial charge in [0.25, 0.3) is 0 Å². The van der Waals surface area contributed by atoms with Crippen LogP contribution in [0.25, 0.3) is 22.3 Å². The van der Waals surface area contributed by atoms with E-state index < -0.39 is 5.79 Å². The minimum atomic E-state index is -1.51. The molecular weight excluding hydrogens is 753 g/mol. The quantitative estimate of drug-likeness (QED) is 0.143. The second kappa shape index (κ2) is 16.4. The Balaban J connectivity index is 1.48. The summed E-state index contributed by atoms with van der Waals surface area (Å²) >= 11 is 0. The molecule has 0 saturated carbocycles. The number of nitrogens with zero attached hydrogens (tertiary/aromatic N) is 3. The third-order valence-corrected chi connectivity index (χ3v) is 11.4. The molecule has 61 heavy (non-hydrogen) atoms. The number of aryl methyl sites for hydroxylation is 4. The first-order valence-electron chi connectivity index (χ1n) is 21.2. The number of benzene rings is 4. The van der Waals surface area contributed by atoms with Gasteiger partial charge < -0.3 is 19.2 Å². The predicted octanol–water partition coefficient (Wildman–Crippen LogP) is 9.98. The van der Waals surface area contributed by atoms with Crippen LogP contribution in [0, 0.1) is 27.7 Å². The summed E-state index contributed by atoms with van der Waals surface area (Å²) in [5.74, 6) is -1.09. The molecule has 0 fully saturated rings. The highest BCUT2D eigenvalue weighted by Crippen LogP contribution is 2.49. The van der Waals surface area contributed by atoms with Gasteiger partial charge in [-0.05, 0) is 107 Å². The van der Waals surface area contributed by atoms with Crippen LogP contribution in [0.2, 0.25) is 0 Å². The SMILES string of the molecule is CCOC1=C2C(c3ccc(C)cc3)=C3C=CC(=N3)C(c3ccc(C)cc3)=c3ccc([nH]3)=C(c3ccc(C)cc3)C3=NC(=C(c4ccc(C)cc4)C(=N1)C2(OCC)OCC)C=C3. The van der Waals surface area contributed by atoms with Crippen molar-refractivity contribution in [2.24, 2.45) is 15.0 Å². The first kappa shape index (κ1) is 39.8. The van der Waals surface area contributed by atoms with Crippen LogP contribution in [0.1, 0.15) is 65.3 Å². The fraction of sp³-hybridized carbons (Fsp3) is 0.204. The van der Waals surface area contributed by atoms with E-state index in [0.717, 1.165) is 89.2 Å². The third kappa shape index (κ3) is 7.24. The number of allylic oxidation sites excluding steroid dienone is 4. The van der Waals surface area contributed by atoms with E-state index in [1.165, 1.54) is 11.1 Å². The summed E-state index contributed by atoms with van der Waals surface area (Å²) < 4.78 is 20.7. The Morgan fingerprint density at radius 1 is 0.443 bits per heavy atom. The molecule has 0 spiro atoms. The van der Waals surface area contributed by atoms with Gasteiger partial charge in [-0.3, -0.25) is 0 Å². The zero-order chi connectivity index (χ0) is 42.3. The van der Waals surface area contributed by atoms with E-state index in [1.54, 1.807) is 0 Å². The summed E-state index contributed by atoms with van der Waals surface area (Å²) in [5.41, 5.74) is 16.5. The van der Waals surface area contributed by atoms with Crippen LogP contribution >= 0.6 is 0 Å². The van der Waals surface area contributed by atoms with Gasteiger partial charge in [0, 0.05) is 46.2 Å². The molecule has 4 aromatic carbocycles. The van der Waals surface area contributed by atoms with Crippen LogP contribution < -0.4 is 10.7 Å². The molecule has 0 atom stereocenters. The molecule has 1 aromatic heterocycles. The van der Waals surface area contributed by atoms with Crippen LogP contribution in [0.3, 0.4) is 0 Å². The van der Waals surface area contributed by atoms with Gasteiger partial charge in [0.2, 0.25) is 11.7 Å². The highest BCUT2D eigenvalue weighted by Gasteiger charge is 2.53. The van der Waals surface area contributed by atoms with Gasteiger partial charge in [-0.15, -0.1) is 0 Å². The summed E-state index contributed by atoms with van der Waals surface area (Å²) in [4.78, 5) is 20.4. The van der Waals surface area contributed by atoms with Gasteiger partial charge in [0.15, 0.2) is 0 Å². The van der Waals surface area contributed by atoms with E-state index >= 15 is 0 Å². The topological polar surface area (TPSA) is 80.6 Å². The van der Waals surface area contributed by atoms with Gasteiger partial charge in [0.05, 0.1) is 35.0 Å². The lowest BCUT2D eigenvalue weighted by atomic mass is 9.84. The second-order valence-electron chi connectivity index (χ2n) is 15.7. The molecule has 7 heteroatoms. The average Bonchev–Trinajstić information content (AvgIpc) is 4.09. The van der Waals surface area contributed by atoms with Crippen molar-refractivity contribution in [2.45, 2.75) is 54.3 Å². The number of aromatic nitrogens is 1. The van der Waals surface area contributed by atoms with Gasteiger partial charge in [-0.1, -0.05) is 119 Å². The van der Waals surface area contributed by atoms with Gasteiger partial charge >= 0.3 is 0 Å². The molecule has 0 aliphatic carbocycles. The maximum Gasteiger partial charge on any atom is 0.246 e. The summed E-state index contributed by atoms with van der Waals surface area (Å²) in [5, 5.41) is 1.88. The summed E-state index contributed by atoms with van der Waals surface area (Å²) in [6.45, 7) is 15.4. The number of fused-ring (bicyclic) bond motifs is 6. The van der Waals surface area contributed by atoms with E-state index in [4.69, 9.17) is 29.2 Å². The lowest BCUT2D eigenvalue weighted by Crippen LogP contribution is -2.46. The molecule has 0 radical (unpaired) electrons. The Morgan fingerprint density at radius 3 is 1.25 bits per heavy atom. The molecule has 8 bridgehead atoms. The van der Waals surface area contributed by atoms with Crippen molar-refractivity contribution in [1.29, 1.82) is 0 Å². The molecule has 304 valence electrons. The Labute approximate surface area is 358 Å². The fourth-order valence-electron chi connectivity index (χ4n) is 8.51. The number of H-pyrrole nitrogens is 1. The van der Waals surface area contributed by atoms with Gasteiger partial charge in [0.1, 0.15) is 5.71 Å². The standard InChI is InChI=1S/C54H50N4O3/c1-8-59-53-51-49(39-23-15-35(6)16-24-39)45-31-29-43(56-45)47(37-19-11-33(4)12-20-37)41-27-28-42(55-41)48(38-21-13-34(5)14-22-38)44-30-32-46(57-44)50(40-25-17-36(7)18-26-40)52(58-53)54(51,60-9-2)61-10-3/h11-32,55H,8-10H2,1-7H3. The number of hydrogen-bond donors (Lipinski definition) is 1. The molecule has 0 amide bonds. The maximum atomic E-state index is 7.05. The van der Waals surface area contributed by atoms with Crippen molar-refractivity contribution in [3.63, 3.8) is 0 Å². The van der Waals surface area contributed by atoms with Gasteiger partial charge in [-0.2, -0.15) is 0 Å². The fourth-order valence-corrected chi connectivity index (χ4v) is 8.51. The second-order valence-corrected chi connectivity index (χ2v) is 15.7. The summed E-state index contributed by atoms with van der Waals surface area (Å²) in [6, 6.07) is 38.6. The molecule has 4 aliphatic heterocycles. The van der Waals surface area contributed by atoms with E-state index in [2.05, 4.69) is 166 Å². The van der Waals surface area contributed by atoms with Crippen molar-refractivity contribution in [2.75, 3.05) is 19.8 Å². The van der Waals surface area contributed by atoms with Crippen molar-refractivity contribution in [3.8, 4) is 0 Å². The first-order chi connectivity index (χ1) is 29.7. The minimum absolute atomic E-state index is 0.328. The molecule has 9 rings (SSSR count). The summed E-state index contributed by atoms with van der Waals surface area (Å²) in [6.07, 6.45) is 8.39. The minimum Gasteiger partial charge on any atom is -0.478 e. The van der Waals surface area contributed by atoms with Crippen LogP contribution in [-0.4, -0.2) is 47.7 Å². The van der Waals surface area contributed by atoms with E-state index in [0.29, 0.717) is 37.0 Å². The van der Waals surface area contributed by atoms with Crippen LogP contribution in [0.4, 0.5) is 0 Å². The molecule has 5 aromatic rings. The third-order valence-electron chi connectivity index (χ3n) is 11.4. The highest BCUT2D eigenvalue weighted by molar-refractivity contribution is 6.35. The largest absolute Gasteiger partial charge is 0.478 e. The Morgan fingerprint density at radius 2 is 0.836 bits per heavy atom. The molecule has 0 saturated heterocycles. The first-order valence-corrected chi connectivity index (χ1v) is 21.2. The normalized spacial score (nSPS) is 16.8. The lowest BCUT2D eigenvalue weighted by molar-refractivity contribution is -0.153. The van der Waals surface area contributed by atoms with Crippen molar-refractivity contribution < 1.29 is 14.2 Å². The van der Waals surface area contributed by atoms with Crippen molar-refractivity contribution in [3.05, 3.63) is 212 Å². The number of nitrogens with one attached hydrogen (secondary N) is 1. The van der Waals surface area contributed by atoms with Gasteiger partial charge in [-0.25, -0.2) is 15.0 Å². The smallest absolute Gasteiger partial charge is 0.246 e.